The molecule has 6 nitrogen and oxygen atoms in total. The molecule has 2 aromatic heterocycles. The second-order valence-electron chi connectivity index (χ2n) is 6.26. The van der Waals surface area contributed by atoms with Crippen molar-refractivity contribution in [2.24, 2.45) is 0 Å². The van der Waals surface area contributed by atoms with E-state index in [0.717, 1.165) is 30.8 Å². The van der Waals surface area contributed by atoms with E-state index in [2.05, 4.69) is 20.0 Å². The van der Waals surface area contributed by atoms with Gasteiger partial charge in [-0.25, -0.2) is 0 Å². The molecule has 0 radical (unpaired) electrons. The third-order valence-electron chi connectivity index (χ3n) is 4.38. The zero-order valence-corrected chi connectivity index (χ0v) is 15.2. The first kappa shape index (κ1) is 18.8. The number of halogens is 3. The number of hydrogen-bond acceptors (Lipinski definition) is 5. The molecule has 0 aliphatic heterocycles. The molecule has 1 N–H and O–H groups in total. The molecule has 0 saturated carbocycles. The lowest BCUT2D eigenvalue weighted by Gasteiger charge is -2.14. The van der Waals surface area contributed by atoms with Crippen LogP contribution in [0.5, 0.6) is 0 Å². The summed E-state index contributed by atoms with van der Waals surface area (Å²) in [6, 6.07) is 0. The Bertz CT molecular complexity index is 783. The molecule has 0 spiro atoms. The lowest BCUT2D eigenvalue weighted by atomic mass is 9.95. The SMILES string of the molecule is CCCc1nnsc1C(=O)NCCn1nc(C(F)(F)F)c2c1CCCC2. The van der Waals surface area contributed by atoms with Crippen LogP contribution in [0.3, 0.4) is 0 Å². The minimum Gasteiger partial charge on any atom is -0.349 e. The Morgan fingerprint density at radius 3 is 2.81 bits per heavy atom. The number of nitrogens with one attached hydrogen (secondary N) is 1. The van der Waals surface area contributed by atoms with E-state index in [1.54, 1.807) is 0 Å². The van der Waals surface area contributed by atoms with Crippen LogP contribution in [-0.4, -0.2) is 31.8 Å². The van der Waals surface area contributed by atoms with Gasteiger partial charge >= 0.3 is 6.18 Å². The number of fused-ring (bicyclic) bond motifs is 1. The molecule has 142 valence electrons. The molecule has 3 rings (SSSR count). The summed E-state index contributed by atoms with van der Waals surface area (Å²) in [5, 5.41) is 10.5. The predicted molar refractivity (Wildman–Crippen MR) is 90.1 cm³/mol. The Morgan fingerprint density at radius 1 is 1.31 bits per heavy atom. The van der Waals surface area contributed by atoms with Crippen molar-refractivity contribution in [1.29, 1.82) is 0 Å². The number of rotatable bonds is 6. The molecule has 0 unspecified atom stereocenters. The molecule has 1 aliphatic rings. The summed E-state index contributed by atoms with van der Waals surface area (Å²) in [5.41, 5.74) is 0.831. The number of nitrogens with zero attached hydrogens (tertiary/aromatic N) is 4. The van der Waals surface area contributed by atoms with Gasteiger partial charge in [-0.15, -0.1) is 5.10 Å². The van der Waals surface area contributed by atoms with E-state index in [0.29, 0.717) is 41.1 Å². The number of carbonyl (C=O) groups is 1. The fourth-order valence-electron chi connectivity index (χ4n) is 3.22. The first-order valence-corrected chi connectivity index (χ1v) is 9.44. The van der Waals surface area contributed by atoms with Gasteiger partial charge in [-0.3, -0.25) is 9.48 Å². The normalized spacial score (nSPS) is 14.3. The fraction of sp³-hybridized carbons (Fsp3) is 0.625. The van der Waals surface area contributed by atoms with Crippen LogP contribution in [0.15, 0.2) is 0 Å². The van der Waals surface area contributed by atoms with Gasteiger partial charge in [-0.05, 0) is 43.6 Å². The van der Waals surface area contributed by atoms with Gasteiger partial charge in [0.1, 0.15) is 4.88 Å². The summed E-state index contributed by atoms with van der Waals surface area (Å²) in [6.45, 7) is 2.40. The molecule has 0 atom stereocenters. The highest BCUT2D eigenvalue weighted by atomic mass is 32.1. The highest BCUT2D eigenvalue weighted by Gasteiger charge is 2.39. The van der Waals surface area contributed by atoms with Crippen LogP contribution in [-0.2, 0) is 32.0 Å². The first-order chi connectivity index (χ1) is 12.4. The molecule has 0 fully saturated rings. The zero-order chi connectivity index (χ0) is 18.7. The maximum Gasteiger partial charge on any atom is 0.435 e. The first-order valence-electron chi connectivity index (χ1n) is 8.67. The van der Waals surface area contributed by atoms with Crippen molar-refractivity contribution >= 4 is 17.4 Å². The highest BCUT2D eigenvalue weighted by Crippen LogP contribution is 2.35. The van der Waals surface area contributed by atoms with Crippen molar-refractivity contribution in [1.82, 2.24) is 24.7 Å². The van der Waals surface area contributed by atoms with Gasteiger partial charge in [0.05, 0.1) is 12.2 Å². The van der Waals surface area contributed by atoms with Crippen LogP contribution < -0.4 is 5.32 Å². The van der Waals surface area contributed by atoms with Crippen LogP contribution in [0.25, 0.3) is 0 Å². The largest absolute Gasteiger partial charge is 0.435 e. The number of aromatic nitrogens is 4. The molecule has 2 aromatic rings. The number of carbonyl (C=O) groups excluding carboxylic acids is 1. The molecule has 0 aromatic carbocycles. The van der Waals surface area contributed by atoms with Crippen molar-refractivity contribution in [3.8, 4) is 0 Å². The smallest absolute Gasteiger partial charge is 0.349 e. The van der Waals surface area contributed by atoms with Crippen LogP contribution in [0.4, 0.5) is 13.2 Å². The van der Waals surface area contributed by atoms with Crippen molar-refractivity contribution in [2.45, 2.75) is 58.2 Å². The highest BCUT2D eigenvalue weighted by molar-refractivity contribution is 7.08. The molecular formula is C16H20F3N5OS. The Labute approximate surface area is 153 Å². The van der Waals surface area contributed by atoms with Gasteiger partial charge in [-0.2, -0.15) is 18.3 Å². The van der Waals surface area contributed by atoms with Gasteiger partial charge in [0, 0.05) is 17.8 Å². The maximum atomic E-state index is 13.2. The summed E-state index contributed by atoms with van der Waals surface area (Å²) in [5.74, 6) is -0.291. The van der Waals surface area contributed by atoms with E-state index in [-0.39, 0.29) is 19.0 Å². The Balaban J connectivity index is 1.67. The predicted octanol–water partition coefficient (Wildman–Crippen LogP) is 3.01. The maximum absolute atomic E-state index is 13.2. The number of aryl methyl sites for hydroxylation is 1. The average molecular weight is 387 g/mol. The van der Waals surface area contributed by atoms with Crippen LogP contribution in [0.1, 0.15) is 58.5 Å². The van der Waals surface area contributed by atoms with Gasteiger partial charge in [0.15, 0.2) is 5.69 Å². The van der Waals surface area contributed by atoms with E-state index >= 15 is 0 Å². The van der Waals surface area contributed by atoms with E-state index in [4.69, 9.17) is 0 Å². The fourth-order valence-corrected chi connectivity index (χ4v) is 3.84. The van der Waals surface area contributed by atoms with Crippen molar-refractivity contribution in [3.05, 3.63) is 27.5 Å². The van der Waals surface area contributed by atoms with Crippen LogP contribution >= 0.6 is 11.5 Å². The number of amides is 1. The number of hydrogen-bond donors (Lipinski definition) is 1. The molecule has 0 saturated heterocycles. The Morgan fingerprint density at radius 2 is 2.08 bits per heavy atom. The minimum absolute atomic E-state index is 0.202. The number of alkyl halides is 3. The molecule has 26 heavy (non-hydrogen) atoms. The Hall–Kier alpha value is -1.97. The van der Waals surface area contributed by atoms with Crippen molar-refractivity contribution in [2.75, 3.05) is 6.54 Å². The van der Waals surface area contributed by atoms with Gasteiger partial charge < -0.3 is 5.32 Å². The van der Waals surface area contributed by atoms with Gasteiger partial charge in [0.25, 0.3) is 5.91 Å². The van der Waals surface area contributed by atoms with E-state index in [9.17, 15) is 18.0 Å². The lowest BCUT2D eigenvalue weighted by molar-refractivity contribution is -0.142. The van der Waals surface area contributed by atoms with Crippen molar-refractivity contribution < 1.29 is 18.0 Å². The summed E-state index contributed by atoms with van der Waals surface area (Å²) >= 11 is 1.03. The average Bonchev–Trinajstić information content (AvgIpc) is 3.20. The summed E-state index contributed by atoms with van der Waals surface area (Å²) < 4.78 is 44.8. The van der Waals surface area contributed by atoms with E-state index in [1.165, 1.54) is 4.68 Å². The molecule has 1 aliphatic carbocycles. The van der Waals surface area contributed by atoms with E-state index in [1.807, 2.05) is 6.92 Å². The summed E-state index contributed by atoms with van der Waals surface area (Å²) in [7, 11) is 0. The minimum atomic E-state index is -4.45. The summed E-state index contributed by atoms with van der Waals surface area (Å²) in [4.78, 5) is 12.7. The third-order valence-corrected chi connectivity index (χ3v) is 5.15. The van der Waals surface area contributed by atoms with Crippen molar-refractivity contribution in [3.63, 3.8) is 0 Å². The second kappa shape index (κ2) is 7.73. The standard InChI is InChI=1S/C16H20F3N5OS/c1-2-5-11-13(26-23-21-11)15(25)20-8-9-24-12-7-4-3-6-10(12)14(22-24)16(17,18)19/h2-9H2,1H3,(H,20,25). The van der Waals surface area contributed by atoms with Crippen LogP contribution in [0.2, 0.25) is 0 Å². The van der Waals surface area contributed by atoms with Gasteiger partial charge in [0.2, 0.25) is 0 Å². The van der Waals surface area contributed by atoms with Gasteiger partial charge in [-0.1, -0.05) is 17.8 Å². The zero-order valence-electron chi connectivity index (χ0n) is 14.4. The molecule has 1 amide bonds. The molecule has 0 bridgehead atoms. The van der Waals surface area contributed by atoms with E-state index < -0.39 is 11.9 Å². The monoisotopic (exact) mass is 387 g/mol. The topological polar surface area (TPSA) is 72.7 Å². The Kier molecular flexibility index (Phi) is 5.59. The van der Waals surface area contributed by atoms with Crippen LogP contribution in [0, 0.1) is 0 Å². The summed E-state index contributed by atoms with van der Waals surface area (Å²) in [6.07, 6.45) is -0.326. The lowest BCUT2D eigenvalue weighted by Crippen LogP contribution is -2.28. The molecular weight excluding hydrogens is 367 g/mol. The second-order valence-corrected chi connectivity index (χ2v) is 7.01. The third kappa shape index (κ3) is 3.89. The molecule has 10 heteroatoms. The molecule has 2 heterocycles. The quantitative estimate of drug-likeness (QED) is 0.827.